The van der Waals surface area contributed by atoms with Crippen LogP contribution in [0.5, 0.6) is 0 Å². The number of aliphatic hydroxyl groups is 1. The Hall–Kier alpha value is -1.30. The number of halogens is 2. The second-order valence-corrected chi connectivity index (χ2v) is 6.33. The molecule has 1 aromatic carbocycles. The van der Waals surface area contributed by atoms with Gasteiger partial charge < -0.3 is 15.1 Å². The second kappa shape index (κ2) is 6.86. The average Bonchev–Trinajstić information content (AvgIpc) is 2.41. The van der Waals surface area contributed by atoms with Crippen molar-refractivity contribution in [1.29, 1.82) is 0 Å². The van der Waals surface area contributed by atoms with E-state index in [0.29, 0.717) is 15.6 Å². The van der Waals surface area contributed by atoms with E-state index in [1.807, 2.05) is 0 Å². The van der Waals surface area contributed by atoms with Crippen LogP contribution < -0.4 is 0 Å². The minimum atomic E-state index is -0.987. The molecule has 0 unspecified atom stereocenters. The summed E-state index contributed by atoms with van der Waals surface area (Å²) in [4.78, 5) is 25.2. The Kier molecular flexibility index (Phi) is 5.32. The van der Waals surface area contributed by atoms with E-state index in [9.17, 15) is 19.8 Å². The Morgan fingerprint density at radius 2 is 2.14 bits per heavy atom. The van der Waals surface area contributed by atoms with Crippen LogP contribution in [0.4, 0.5) is 0 Å². The van der Waals surface area contributed by atoms with Gasteiger partial charge in [-0.25, -0.2) is 0 Å². The van der Waals surface area contributed by atoms with Crippen molar-refractivity contribution in [3.05, 3.63) is 33.8 Å². The van der Waals surface area contributed by atoms with Crippen molar-refractivity contribution in [3.63, 3.8) is 0 Å². The summed E-state index contributed by atoms with van der Waals surface area (Å²) in [5.41, 5.74) is 0.534. The molecule has 1 aromatic rings. The lowest BCUT2D eigenvalue weighted by molar-refractivity contribution is -0.153. The van der Waals surface area contributed by atoms with Crippen molar-refractivity contribution >= 4 is 35.1 Å². The average molecular weight is 346 g/mol. The van der Waals surface area contributed by atoms with Crippen molar-refractivity contribution in [2.75, 3.05) is 6.54 Å². The monoisotopic (exact) mass is 345 g/mol. The van der Waals surface area contributed by atoms with Crippen molar-refractivity contribution in [3.8, 4) is 0 Å². The van der Waals surface area contributed by atoms with Crippen molar-refractivity contribution in [1.82, 2.24) is 4.90 Å². The lowest BCUT2D eigenvalue weighted by atomic mass is 9.84. The number of hydrogen-bond donors (Lipinski definition) is 2. The third-order valence-electron chi connectivity index (χ3n) is 3.77. The van der Waals surface area contributed by atoms with Gasteiger partial charge in [-0.05, 0) is 31.0 Å². The largest absolute Gasteiger partial charge is 0.481 e. The van der Waals surface area contributed by atoms with Gasteiger partial charge in [-0.2, -0.15) is 0 Å². The number of benzene rings is 1. The topological polar surface area (TPSA) is 77.8 Å². The van der Waals surface area contributed by atoms with Crippen LogP contribution in [0.3, 0.4) is 0 Å². The van der Waals surface area contributed by atoms with Gasteiger partial charge >= 0.3 is 5.97 Å². The molecule has 2 N–H and O–H groups in total. The zero-order valence-electron chi connectivity index (χ0n) is 12.0. The summed E-state index contributed by atoms with van der Waals surface area (Å²) in [6.45, 7) is 1.62. The molecule has 1 amide bonds. The number of carbonyl (C=O) groups is 2. The molecule has 0 spiro atoms. The Labute approximate surface area is 138 Å². The number of β-amino-alcohol motifs (C(OH)–C–C–N with tert-alkyl or cyclic N) is 1. The Bertz CT molecular complexity index is 591. The quantitative estimate of drug-likeness (QED) is 0.879. The van der Waals surface area contributed by atoms with Crippen molar-refractivity contribution in [2.45, 2.75) is 31.9 Å². The summed E-state index contributed by atoms with van der Waals surface area (Å²) in [5, 5.41) is 19.9. The van der Waals surface area contributed by atoms with Crippen LogP contribution in [0.1, 0.15) is 31.4 Å². The molecule has 0 radical (unpaired) electrons. The number of nitrogens with zero attached hydrogens (tertiary/aromatic N) is 1. The summed E-state index contributed by atoms with van der Waals surface area (Å²) in [7, 11) is 0. The number of rotatable bonds is 4. The predicted molar refractivity (Wildman–Crippen MR) is 83.0 cm³/mol. The fourth-order valence-electron chi connectivity index (χ4n) is 2.84. The highest BCUT2D eigenvalue weighted by Gasteiger charge is 2.41. The highest BCUT2D eigenvalue weighted by molar-refractivity contribution is 6.35. The van der Waals surface area contributed by atoms with Crippen LogP contribution in [0.25, 0.3) is 0 Å². The number of piperidine rings is 1. The standard InChI is InChI=1S/C15H17Cl2NO4/c1-8(19)7-18-13(20)5-4-11(15(21)22)14(18)10-3-2-9(16)6-12(10)17/h2-3,6,8,11,14,19H,4-5,7H2,1H3,(H,21,22)/t8-,11+,14+/m0/s1. The predicted octanol–water partition coefficient (Wildman–Crippen LogP) is 2.74. The summed E-state index contributed by atoms with van der Waals surface area (Å²) < 4.78 is 0. The molecule has 1 fully saturated rings. The third-order valence-corrected chi connectivity index (χ3v) is 4.33. The molecule has 5 nitrogen and oxygen atoms in total. The normalized spacial score (nSPS) is 23.5. The van der Waals surface area contributed by atoms with E-state index >= 15 is 0 Å². The van der Waals surface area contributed by atoms with Crippen LogP contribution in [-0.4, -0.2) is 39.6 Å². The van der Waals surface area contributed by atoms with Crippen LogP contribution in [0.2, 0.25) is 10.0 Å². The van der Waals surface area contributed by atoms with Crippen LogP contribution in [-0.2, 0) is 9.59 Å². The van der Waals surface area contributed by atoms with Gasteiger partial charge in [0.05, 0.1) is 18.1 Å². The minimum Gasteiger partial charge on any atom is -0.481 e. The highest BCUT2D eigenvalue weighted by atomic mass is 35.5. The SMILES string of the molecule is C[C@H](O)CN1C(=O)CC[C@@H](C(=O)O)[C@H]1c1ccc(Cl)cc1Cl. The molecule has 7 heteroatoms. The first-order valence-corrected chi connectivity index (χ1v) is 7.72. The fraction of sp³-hybridized carbons (Fsp3) is 0.467. The zero-order valence-corrected chi connectivity index (χ0v) is 13.5. The molecule has 3 atom stereocenters. The van der Waals surface area contributed by atoms with Gasteiger partial charge in [0.2, 0.25) is 5.91 Å². The number of carbonyl (C=O) groups excluding carboxylic acids is 1. The minimum absolute atomic E-state index is 0.0617. The van der Waals surface area contributed by atoms with E-state index in [4.69, 9.17) is 23.2 Å². The van der Waals surface area contributed by atoms with Gasteiger partial charge in [0.15, 0.2) is 0 Å². The van der Waals surface area contributed by atoms with Crippen molar-refractivity contribution in [2.24, 2.45) is 5.92 Å². The van der Waals surface area contributed by atoms with Gasteiger partial charge in [-0.3, -0.25) is 9.59 Å². The molecular weight excluding hydrogens is 329 g/mol. The third kappa shape index (κ3) is 3.54. The fourth-order valence-corrected chi connectivity index (χ4v) is 3.36. The maximum atomic E-state index is 12.2. The van der Waals surface area contributed by atoms with E-state index in [2.05, 4.69) is 0 Å². The zero-order chi connectivity index (χ0) is 16.4. The molecule has 22 heavy (non-hydrogen) atoms. The lowest BCUT2D eigenvalue weighted by Crippen LogP contribution is -2.47. The Morgan fingerprint density at radius 3 is 2.68 bits per heavy atom. The molecule has 0 bridgehead atoms. The first-order valence-electron chi connectivity index (χ1n) is 6.96. The molecule has 1 aliphatic rings. The van der Waals surface area contributed by atoms with Crippen LogP contribution in [0, 0.1) is 5.92 Å². The van der Waals surface area contributed by atoms with Crippen molar-refractivity contribution < 1.29 is 19.8 Å². The number of aliphatic carboxylic acids is 1. The van der Waals surface area contributed by atoms with Crippen LogP contribution >= 0.6 is 23.2 Å². The second-order valence-electron chi connectivity index (χ2n) is 5.49. The molecule has 1 aliphatic heterocycles. The molecule has 1 heterocycles. The maximum Gasteiger partial charge on any atom is 0.308 e. The molecule has 0 aromatic heterocycles. The summed E-state index contributed by atoms with van der Waals surface area (Å²) in [5.74, 6) is -1.94. The Morgan fingerprint density at radius 1 is 1.45 bits per heavy atom. The van der Waals surface area contributed by atoms with Gasteiger partial charge in [0.1, 0.15) is 0 Å². The maximum absolute atomic E-state index is 12.2. The number of hydrogen-bond acceptors (Lipinski definition) is 3. The number of carboxylic acid groups (broad SMARTS) is 1. The van der Waals surface area contributed by atoms with Gasteiger partial charge in [0, 0.05) is 23.0 Å². The van der Waals surface area contributed by atoms with Crippen LogP contribution in [0.15, 0.2) is 18.2 Å². The lowest BCUT2D eigenvalue weighted by Gasteiger charge is -2.40. The van der Waals surface area contributed by atoms with Gasteiger partial charge in [-0.15, -0.1) is 0 Å². The molecule has 0 aliphatic carbocycles. The Balaban J connectivity index is 2.49. The molecule has 0 saturated carbocycles. The van der Waals surface area contributed by atoms with E-state index in [1.165, 1.54) is 11.0 Å². The molecule has 1 saturated heterocycles. The molecule has 2 rings (SSSR count). The molecule has 120 valence electrons. The summed E-state index contributed by atoms with van der Waals surface area (Å²) in [6.07, 6.45) is -0.371. The molecular formula is C15H17Cl2NO4. The van der Waals surface area contributed by atoms with Gasteiger partial charge in [-0.1, -0.05) is 29.3 Å². The first kappa shape index (κ1) is 17.1. The summed E-state index contributed by atoms with van der Waals surface area (Å²) >= 11 is 12.1. The van der Waals surface area contributed by atoms with Gasteiger partial charge in [0.25, 0.3) is 0 Å². The number of aliphatic hydroxyl groups excluding tert-OH is 1. The van der Waals surface area contributed by atoms with E-state index < -0.39 is 24.0 Å². The number of amides is 1. The smallest absolute Gasteiger partial charge is 0.308 e. The first-order chi connectivity index (χ1) is 10.3. The number of likely N-dealkylation sites (tertiary alicyclic amines) is 1. The summed E-state index contributed by atoms with van der Waals surface area (Å²) in [6, 6.07) is 4.06. The van der Waals surface area contributed by atoms with E-state index in [1.54, 1.807) is 19.1 Å². The van der Waals surface area contributed by atoms with E-state index in [-0.39, 0.29) is 25.3 Å². The van der Waals surface area contributed by atoms with E-state index in [0.717, 1.165) is 0 Å². The number of carboxylic acids is 1. The highest BCUT2D eigenvalue weighted by Crippen LogP contribution is 2.40.